The number of rotatable bonds is 19. The highest BCUT2D eigenvalue weighted by atomic mass is 31.3. The molecule has 0 heterocycles. The molecule has 0 saturated carbocycles. The summed E-state index contributed by atoms with van der Waals surface area (Å²) < 4.78 is 29.9. The Bertz CT molecular complexity index is 526. The molecule has 9 nitrogen and oxygen atoms in total. The Labute approximate surface area is 174 Å². The summed E-state index contributed by atoms with van der Waals surface area (Å²) in [4.78, 5) is 26.1. The molecular formula is C18H39NO8P2. The predicted molar refractivity (Wildman–Crippen MR) is 113 cm³/mol. The van der Waals surface area contributed by atoms with Crippen LogP contribution in [0.2, 0.25) is 0 Å². The standard InChI is InChI=1S/C18H39NO8P2/c1-2-3-4-5-6-7-8-9-10-11-12-13-14-15-18(20)17(19)16-26-29(24,25)27-28(21,22)23/h14-15,17-18,20H,2-13,16,19H2,1H3,(H,24,25)(H2,21,22,23). The van der Waals surface area contributed by atoms with E-state index in [-0.39, 0.29) is 0 Å². The third-order valence-corrected chi connectivity index (χ3v) is 6.54. The Morgan fingerprint density at radius 3 is 1.86 bits per heavy atom. The fourth-order valence-corrected chi connectivity index (χ4v) is 4.37. The van der Waals surface area contributed by atoms with Crippen LogP contribution in [-0.2, 0) is 18.0 Å². The number of allylic oxidation sites excluding steroid dienone is 1. The highest BCUT2D eigenvalue weighted by molar-refractivity contribution is 7.60. The summed E-state index contributed by atoms with van der Waals surface area (Å²) in [5.74, 6) is 0. The number of aliphatic hydroxyl groups excluding tert-OH is 1. The lowest BCUT2D eigenvalue weighted by Gasteiger charge is -2.18. The number of hydrogen-bond donors (Lipinski definition) is 5. The van der Waals surface area contributed by atoms with Crippen molar-refractivity contribution in [2.75, 3.05) is 6.61 Å². The summed E-state index contributed by atoms with van der Waals surface area (Å²) in [5.41, 5.74) is 5.63. The van der Waals surface area contributed by atoms with Gasteiger partial charge in [-0.1, -0.05) is 83.3 Å². The average Bonchev–Trinajstić information content (AvgIpc) is 2.61. The van der Waals surface area contributed by atoms with E-state index < -0.39 is 34.4 Å². The number of hydrogen-bond acceptors (Lipinski definition) is 6. The minimum absolute atomic E-state index is 0.599. The molecule has 0 aliphatic rings. The van der Waals surface area contributed by atoms with Crippen molar-refractivity contribution < 1.29 is 37.8 Å². The Morgan fingerprint density at radius 2 is 1.38 bits per heavy atom. The molecular weight excluding hydrogens is 420 g/mol. The van der Waals surface area contributed by atoms with Gasteiger partial charge in [-0.2, -0.15) is 4.31 Å². The molecule has 0 rings (SSSR count). The fourth-order valence-electron chi connectivity index (χ4n) is 2.74. The Morgan fingerprint density at radius 1 is 0.897 bits per heavy atom. The first-order valence-corrected chi connectivity index (χ1v) is 13.4. The molecule has 0 aliphatic carbocycles. The maximum absolute atomic E-state index is 11.3. The molecule has 0 bridgehead atoms. The fraction of sp³-hybridized carbons (Fsp3) is 0.889. The van der Waals surface area contributed by atoms with Gasteiger partial charge in [-0.15, -0.1) is 0 Å². The van der Waals surface area contributed by atoms with Crippen LogP contribution in [0, 0.1) is 0 Å². The first kappa shape index (κ1) is 28.9. The van der Waals surface area contributed by atoms with Gasteiger partial charge >= 0.3 is 15.6 Å². The van der Waals surface area contributed by atoms with Crippen molar-refractivity contribution in [1.82, 2.24) is 0 Å². The topological polar surface area (TPSA) is 160 Å². The van der Waals surface area contributed by atoms with Crippen LogP contribution in [0.25, 0.3) is 0 Å². The van der Waals surface area contributed by atoms with Crippen molar-refractivity contribution in [3.8, 4) is 0 Å². The van der Waals surface area contributed by atoms with Crippen LogP contribution < -0.4 is 5.73 Å². The minimum Gasteiger partial charge on any atom is -0.387 e. The van der Waals surface area contributed by atoms with Gasteiger partial charge in [0.25, 0.3) is 0 Å². The third-order valence-electron chi connectivity index (χ3n) is 4.39. The molecule has 11 heteroatoms. The maximum Gasteiger partial charge on any atom is 0.481 e. The summed E-state index contributed by atoms with van der Waals surface area (Å²) in [6, 6.07) is -1.04. The zero-order valence-corrected chi connectivity index (χ0v) is 19.2. The number of phosphoric ester groups is 1. The largest absolute Gasteiger partial charge is 0.481 e. The molecule has 0 aromatic rings. The van der Waals surface area contributed by atoms with Crippen molar-refractivity contribution in [2.24, 2.45) is 5.73 Å². The Hall–Kier alpha value is -0.0800. The van der Waals surface area contributed by atoms with E-state index >= 15 is 0 Å². The molecule has 0 saturated heterocycles. The second kappa shape index (κ2) is 16.6. The lowest BCUT2D eigenvalue weighted by atomic mass is 10.0. The minimum atomic E-state index is -5.17. The van der Waals surface area contributed by atoms with Crippen LogP contribution in [0.4, 0.5) is 0 Å². The number of aliphatic hydroxyl groups is 1. The maximum atomic E-state index is 11.3. The average molecular weight is 459 g/mol. The molecule has 174 valence electrons. The normalized spacial score (nSPS) is 16.8. The summed E-state index contributed by atoms with van der Waals surface area (Å²) in [6.07, 6.45) is 16.8. The highest BCUT2D eigenvalue weighted by Gasteiger charge is 2.33. The lowest BCUT2D eigenvalue weighted by Crippen LogP contribution is -2.37. The van der Waals surface area contributed by atoms with Crippen LogP contribution in [0.1, 0.15) is 84.0 Å². The van der Waals surface area contributed by atoms with Crippen LogP contribution in [0.15, 0.2) is 12.2 Å². The van der Waals surface area contributed by atoms with Gasteiger partial charge in [0, 0.05) is 0 Å². The van der Waals surface area contributed by atoms with Gasteiger partial charge in [-0.25, -0.2) is 9.13 Å². The molecule has 0 amide bonds. The summed E-state index contributed by atoms with van der Waals surface area (Å²) in [6.45, 7) is 1.63. The SMILES string of the molecule is CCCCCCCCCCCCCC=CC(O)C(N)COP(=O)(O)OP(=O)(O)O. The van der Waals surface area contributed by atoms with E-state index in [9.17, 15) is 14.2 Å². The highest BCUT2D eigenvalue weighted by Crippen LogP contribution is 2.57. The number of nitrogens with two attached hydrogens (primary N) is 1. The van der Waals surface area contributed by atoms with E-state index in [2.05, 4.69) is 15.8 Å². The molecule has 0 aliphatic heterocycles. The summed E-state index contributed by atoms with van der Waals surface area (Å²) in [7, 11) is -10.1. The quantitative estimate of drug-likeness (QED) is 0.109. The lowest BCUT2D eigenvalue weighted by molar-refractivity contribution is 0.126. The van der Waals surface area contributed by atoms with Crippen LogP contribution >= 0.6 is 15.6 Å². The van der Waals surface area contributed by atoms with Crippen molar-refractivity contribution in [3.63, 3.8) is 0 Å². The molecule has 0 fully saturated rings. The first-order chi connectivity index (χ1) is 13.6. The van der Waals surface area contributed by atoms with Crippen molar-refractivity contribution >= 4 is 15.6 Å². The molecule has 0 aromatic carbocycles. The zero-order valence-electron chi connectivity index (χ0n) is 17.4. The molecule has 29 heavy (non-hydrogen) atoms. The second-order valence-corrected chi connectivity index (χ2v) is 10.1. The van der Waals surface area contributed by atoms with Gasteiger partial charge in [0.1, 0.15) is 0 Å². The van der Waals surface area contributed by atoms with Gasteiger partial charge in [-0.3, -0.25) is 4.52 Å². The molecule has 3 unspecified atom stereocenters. The van der Waals surface area contributed by atoms with Gasteiger partial charge < -0.3 is 25.5 Å². The van der Waals surface area contributed by atoms with Gasteiger partial charge in [0.15, 0.2) is 0 Å². The Kier molecular flexibility index (Phi) is 16.5. The smallest absolute Gasteiger partial charge is 0.387 e. The molecule has 3 atom stereocenters. The van der Waals surface area contributed by atoms with Crippen molar-refractivity contribution in [2.45, 2.75) is 96.1 Å². The van der Waals surface area contributed by atoms with Gasteiger partial charge in [0.05, 0.1) is 18.8 Å². The third kappa shape index (κ3) is 19.6. The molecule has 0 spiro atoms. The van der Waals surface area contributed by atoms with Crippen LogP contribution in [0.3, 0.4) is 0 Å². The summed E-state index contributed by atoms with van der Waals surface area (Å²) >= 11 is 0. The second-order valence-electron chi connectivity index (χ2n) is 7.24. The van der Waals surface area contributed by atoms with Gasteiger partial charge in [0.2, 0.25) is 0 Å². The van der Waals surface area contributed by atoms with Crippen LogP contribution in [0.5, 0.6) is 0 Å². The number of unbranched alkanes of at least 4 members (excludes halogenated alkanes) is 11. The molecule has 6 N–H and O–H groups in total. The van der Waals surface area contributed by atoms with E-state index in [1.165, 1.54) is 63.9 Å². The van der Waals surface area contributed by atoms with E-state index in [0.29, 0.717) is 0 Å². The van der Waals surface area contributed by atoms with Crippen molar-refractivity contribution in [1.29, 1.82) is 0 Å². The van der Waals surface area contributed by atoms with Crippen LogP contribution in [-0.4, -0.2) is 38.5 Å². The van der Waals surface area contributed by atoms with E-state index in [1.54, 1.807) is 6.08 Å². The Balaban J connectivity index is 3.73. The number of phosphoric acid groups is 2. The van der Waals surface area contributed by atoms with E-state index in [1.807, 2.05) is 0 Å². The summed E-state index contributed by atoms with van der Waals surface area (Å²) in [5, 5.41) is 9.87. The van der Waals surface area contributed by atoms with Crippen molar-refractivity contribution in [3.05, 3.63) is 12.2 Å². The van der Waals surface area contributed by atoms with Gasteiger partial charge in [-0.05, 0) is 12.8 Å². The molecule has 0 aromatic heterocycles. The monoisotopic (exact) mass is 459 g/mol. The molecule has 0 radical (unpaired) electrons. The zero-order chi connectivity index (χ0) is 22.2. The van der Waals surface area contributed by atoms with E-state index in [4.69, 9.17) is 20.4 Å². The first-order valence-electron chi connectivity index (χ1n) is 10.4. The van der Waals surface area contributed by atoms with E-state index in [0.717, 1.165) is 19.3 Å². The predicted octanol–water partition coefficient (Wildman–Crippen LogP) is 4.16.